The second-order valence-electron chi connectivity index (χ2n) is 8.91. The number of carbonyl (C=O) groups is 2. The first-order valence-electron chi connectivity index (χ1n) is 11.0. The molecule has 34 heavy (non-hydrogen) atoms. The number of hydrogen-bond donors (Lipinski definition) is 2. The molecule has 1 spiro atoms. The van der Waals surface area contributed by atoms with Crippen LogP contribution in [-0.4, -0.2) is 44.8 Å². The van der Waals surface area contributed by atoms with E-state index in [-0.39, 0.29) is 29.9 Å². The Morgan fingerprint density at radius 2 is 2.09 bits per heavy atom. The Kier molecular flexibility index (Phi) is 5.40. The first-order valence-corrected chi connectivity index (χ1v) is 11.4. The number of rotatable bonds is 3. The summed E-state index contributed by atoms with van der Waals surface area (Å²) in [7, 11) is 0. The molecule has 2 N–H and O–H groups in total. The SMILES string of the molecule is C[C@@H]1CCO[C@@]23CCC[C@@H]2n2cc(C(=O)NCc4ccc(F)c(Cl)c4F)c(=O)c(O)c2C(=O)N13. The van der Waals surface area contributed by atoms with E-state index < -0.39 is 50.9 Å². The number of hydrogen-bond acceptors (Lipinski definition) is 5. The molecule has 1 aromatic heterocycles. The lowest BCUT2D eigenvalue weighted by Gasteiger charge is -2.54. The molecule has 3 aliphatic rings. The van der Waals surface area contributed by atoms with Crippen molar-refractivity contribution in [2.24, 2.45) is 0 Å². The van der Waals surface area contributed by atoms with Gasteiger partial charge in [0, 0.05) is 24.3 Å². The number of halogens is 3. The van der Waals surface area contributed by atoms with Crippen molar-refractivity contribution in [2.75, 3.05) is 6.61 Å². The molecule has 0 radical (unpaired) electrons. The van der Waals surface area contributed by atoms with Gasteiger partial charge in [-0.2, -0.15) is 0 Å². The number of aromatic hydroxyl groups is 1. The van der Waals surface area contributed by atoms with E-state index in [1.807, 2.05) is 6.92 Å². The molecule has 11 heteroatoms. The Labute approximate surface area is 198 Å². The van der Waals surface area contributed by atoms with Crippen LogP contribution in [0.4, 0.5) is 8.78 Å². The molecule has 1 saturated carbocycles. The molecule has 0 bridgehead atoms. The first kappa shape index (κ1) is 22.8. The number of ether oxygens (including phenoxy) is 1. The minimum Gasteiger partial charge on any atom is -0.503 e. The van der Waals surface area contributed by atoms with Gasteiger partial charge in [-0.15, -0.1) is 0 Å². The molecular weight excluding hydrogens is 472 g/mol. The highest BCUT2D eigenvalue weighted by Crippen LogP contribution is 2.51. The molecule has 0 unspecified atom stereocenters. The minimum atomic E-state index is -1.02. The number of nitrogens with one attached hydrogen (secondary N) is 1. The van der Waals surface area contributed by atoms with Crippen LogP contribution in [-0.2, 0) is 11.3 Å². The van der Waals surface area contributed by atoms with E-state index in [0.29, 0.717) is 25.9 Å². The normalized spacial score (nSPS) is 25.5. The smallest absolute Gasteiger partial charge is 0.277 e. The fourth-order valence-electron chi connectivity index (χ4n) is 5.42. The van der Waals surface area contributed by atoms with Crippen LogP contribution in [0.25, 0.3) is 0 Å². The molecule has 2 aromatic rings. The molecule has 3 atom stereocenters. The van der Waals surface area contributed by atoms with Crippen LogP contribution < -0.4 is 10.7 Å². The first-order chi connectivity index (χ1) is 16.2. The summed E-state index contributed by atoms with van der Waals surface area (Å²) in [5.74, 6) is -4.16. The van der Waals surface area contributed by atoms with Gasteiger partial charge in [0.25, 0.3) is 11.8 Å². The van der Waals surface area contributed by atoms with Crippen molar-refractivity contribution in [3.63, 3.8) is 0 Å². The van der Waals surface area contributed by atoms with Crippen molar-refractivity contribution >= 4 is 23.4 Å². The number of nitrogens with zero attached hydrogens (tertiary/aromatic N) is 2. The third-order valence-electron chi connectivity index (χ3n) is 7.04. The second kappa shape index (κ2) is 8.06. The van der Waals surface area contributed by atoms with E-state index in [1.54, 1.807) is 4.90 Å². The third kappa shape index (κ3) is 3.15. The summed E-state index contributed by atoms with van der Waals surface area (Å²) in [5.41, 5.74) is -2.55. The van der Waals surface area contributed by atoms with Crippen molar-refractivity contribution in [3.05, 3.63) is 62.0 Å². The summed E-state index contributed by atoms with van der Waals surface area (Å²) in [5, 5.41) is 12.4. The molecule has 5 rings (SSSR count). The summed E-state index contributed by atoms with van der Waals surface area (Å²) in [6, 6.07) is 1.58. The van der Waals surface area contributed by atoms with Gasteiger partial charge in [-0.25, -0.2) is 8.78 Å². The number of pyridine rings is 1. The predicted molar refractivity (Wildman–Crippen MR) is 117 cm³/mol. The van der Waals surface area contributed by atoms with Crippen LogP contribution in [0.5, 0.6) is 5.75 Å². The van der Waals surface area contributed by atoms with Gasteiger partial charge in [-0.1, -0.05) is 17.7 Å². The lowest BCUT2D eigenvalue weighted by Crippen LogP contribution is -2.66. The maximum atomic E-state index is 14.2. The number of amides is 2. The Morgan fingerprint density at radius 1 is 1.32 bits per heavy atom. The largest absolute Gasteiger partial charge is 0.503 e. The Hall–Kier alpha value is -2.98. The van der Waals surface area contributed by atoms with Gasteiger partial charge in [0.15, 0.2) is 17.2 Å². The lowest BCUT2D eigenvalue weighted by molar-refractivity contribution is -0.204. The summed E-state index contributed by atoms with van der Waals surface area (Å²) >= 11 is 5.57. The Balaban J connectivity index is 1.52. The van der Waals surface area contributed by atoms with Crippen LogP contribution in [0, 0.1) is 11.6 Å². The Morgan fingerprint density at radius 3 is 2.85 bits per heavy atom. The zero-order valence-electron chi connectivity index (χ0n) is 18.2. The van der Waals surface area contributed by atoms with Crippen molar-refractivity contribution in [1.29, 1.82) is 0 Å². The summed E-state index contributed by atoms with van der Waals surface area (Å²) in [4.78, 5) is 40.8. The van der Waals surface area contributed by atoms with E-state index in [4.69, 9.17) is 16.3 Å². The zero-order chi connectivity index (χ0) is 24.4. The van der Waals surface area contributed by atoms with Gasteiger partial charge in [-0.05, 0) is 38.7 Å². The summed E-state index contributed by atoms with van der Waals surface area (Å²) < 4.78 is 35.2. The molecule has 8 nitrogen and oxygen atoms in total. The summed E-state index contributed by atoms with van der Waals surface area (Å²) in [6.07, 6.45) is 3.89. The molecule has 1 saturated heterocycles. The van der Waals surface area contributed by atoms with Gasteiger partial charge >= 0.3 is 0 Å². The van der Waals surface area contributed by atoms with Gasteiger partial charge in [0.05, 0.1) is 12.6 Å². The topological polar surface area (TPSA) is 101 Å². The van der Waals surface area contributed by atoms with Gasteiger partial charge < -0.3 is 24.6 Å². The van der Waals surface area contributed by atoms with Crippen LogP contribution in [0.15, 0.2) is 23.1 Å². The van der Waals surface area contributed by atoms with E-state index in [2.05, 4.69) is 5.32 Å². The van der Waals surface area contributed by atoms with Crippen molar-refractivity contribution < 1.29 is 28.2 Å². The van der Waals surface area contributed by atoms with Crippen molar-refractivity contribution in [1.82, 2.24) is 14.8 Å². The predicted octanol–water partition coefficient (Wildman–Crippen LogP) is 3.10. The van der Waals surface area contributed by atoms with Crippen LogP contribution in [0.2, 0.25) is 5.02 Å². The molecular formula is C23H22ClF2N3O5. The average molecular weight is 494 g/mol. The van der Waals surface area contributed by atoms with Crippen LogP contribution >= 0.6 is 11.6 Å². The second-order valence-corrected chi connectivity index (χ2v) is 9.29. The highest BCUT2D eigenvalue weighted by Gasteiger charge is 2.59. The van der Waals surface area contributed by atoms with E-state index in [0.717, 1.165) is 18.6 Å². The van der Waals surface area contributed by atoms with E-state index >= 15 is 0 Å². The maximum Gasteiger partial charge on any atom is 0.277 e. The molecule has 3 heterocycles. The quantitative estimate of drug-likeness (QED) is 0.640. The average Bonchev–Trinajstić information content (AvgIpc) is 3.22. The monoisotopic (exact) mass is 493 g/mol. The van der Waals surface area contributed by atoms with Crippen LogP contribution in [0.3, 0.4) is 0 Å². The fraction of sp³-hybridized carbons (Fsp3) is 0.435. The number of benzene rings is 1. The fourth-order valence-corrected chi connectivity index (χ4v) is 5.61. The number of aromatic nitrogens is 1. The standard InChI is InChI=1S/C23H22ClF2N3O5/c1-11-6-8-34-23-7-2-3-15(23)28-10-13(19(30)20(31)18(28)22(33)29(11)23)21(32)27-9-12-4-5-14(25)16(24)17(12)26/h4-5,10-11,15,31H,2-3,6-9H2,1H3,(H,27,32)/t11-,15+,23+/m1/s1. The highest BCUT2D eigenvalue weighted by atomic mass is 35.5. The highest BCUT2D eigenvalue weighted by molar-refractivity contribution is 6.30. The lowest BCUT2D eigenvalue weighted by atomic mass is 9.93. The minimum absolute atomic E-state index is 0.0767. The zero-order valence-corrected chi connectivity index (χ0v) is 19.0. The van der Waals surface area contributed by atoms with Gasteiger partial charge in [0.1, 0.15) is 22.2 Å². The molecule has 2 aliphatic heterocycles. The molecule has 2 fully saturated rings. The number of fused-ring (bicyclic) bond motifs is 2. The van der Waals surface area contributed by atoms with Crippen LogP contribution in [0.1, 0.15) is 65.1 Å². The Bertz CT molecular complexity index is 1280. The van der Waals surface area contributed by atoms with Crippen molar-refractivity contribution in [2.45, 2.75) is 57.0 Å². The molecule has 1 aliphatic carbocycles. The maximum absolute atomic E-state index is 14.2. The third-order valence-corrected chi connectivity index (χ3v) is 7.38. The van der Waals surface area contributed by atoms with Gasteiger partial charge in [0.2, 0.25) is 5.43 Å². The van der Waals surface area contributed by atoms with E-state index in [9.17, 15) is 28.3 Å². The molecule has 1 aromatic carbocycles. The molecule has 180 valence electrons. The van der Waals surface area contributed by atoms with Crippen molar-refractivity contribution in [3.8, 4) is 5.75 Å². The molecule has 2 amide bonds. The van der Waals surface area contributed by atoms with E-state index in [1.165, 1.54) is 10.8 Å². The van der Waals surface area contributed by atoms with Gasteiger partial charge in [-0.3, -0.25) is 14.4 Å². The number of carbonyl (C=O) groups excluding carboxylic acids is 2. The summed E-state index contributed by atoms with van der Waals surface area (Å²) in [6.45, 7) is 2.01.